The van der Waals surface area contributed by atoms with Gasteiger partial charge in [-0.1, -0.05) is 25.3 Å². The van der Waals surface area contributed by atoms with Gasteiger partial charge < -0.3 is 9.67 Å². The van der Waals surface area contributed by atoms with Gasteiger partial charge in [0.1, 0.15) is 0 Å². The van der Waals surface area contributed by atoms with Crippen LogP contribution in [0.5, 0.6) is 0 Å². The second-order valence-corrected chi connectivity index (χ2v) is 6.29. The highest BCUT2D eigenvalue weighted by Crippen LogP contribution is 2.32. The second kappa shape index (κ2) is 5.94. The number of thiophene rings is 1. The maximum Gasteiger partial charge on any atom is 0.256 e. The first-order valence-electron chi connectivity index (χ1n) is 7.20. The van der Waals surface area contributed by atoms with Crippen LogP contribution in [0.1, 0.15) is 43.7 Å². The lowest BCUT2D eigenvalue weighted by Gasteiger charge is -2.26. The highest BCUT2D eigenvalue weighted by atomic mass is 32.1. The largest absolute Gasteiger partial charge is 0.391 e. The fourth-order valence-corrected chi connectivity index (χ4v) is 3.79. The van der Waals surface area contributed by atoms with E-state index in [4.69, 9.17) is 0 Å². The van der Waals surface area contributed by atoms with Crippen LogP contribution in [-0.4, -0.2) is 9.67 Å². The van der Waals surface area contributed by atoms with E-state index in [1.165, 1.54) is 19.3 Å². The molecule has 0 unspecified atom stereocenters. The van der Waals surface area contributed by atoms with Crippen LogP contribution < -0.4 is 5.56 Å². The average Bonchev–Trinajstić information content (AvgIpc) is 3.02. The van der Waals surface area contributed by atoms with Crippen molar-refractivity contribution in [3.63, 3.8) is 0 Å². The molecule has 2 aromatic rings. The molecule has 1 saturated carbocycles. The van der Waals surface area contributed by atoms with Gasteiger partial charge in [-0.05, 0) is 36.4 Å². The quantitative estimate of drug-likeness (QED) is 0.938. The van der Waals surface area contributed by atoms with E-state index in [1.807, 2.05) is 22.1 Å². The van der Waals surface area contributed by atoms with E-state index in [0.29, 0.717) is 5.56 Å². The third-order valence-corrected chi connectivity index (χ3v) is 4.97. The molecule has 0 saturated heterocycles. The van der Waals surface area contributed by atoms with Gasteiger partial charge in [-0.15, -0.1) is 11.3 Å². The van der Waals surface area contributed by atoms with Crippen molar-refractivity contribution in [3.05, 3.63) is 45.6 Å². The molecule has 1 aliphatic carbocycles. The predicted molar refractivity (Wildman–Crippen MR) is 82.1 cm³/mol. The van der Waals surface area contributed by atoms with Crippen LogP contribution in [0.25, 0.3) is 10.6 Å². The Morgan fingerprint density at radius 1 is 1.20 bits per heavy atom. The summed E-state index contributed by atoms with van der Waals surface area (Å²) in [7, 11) is 0. The lowest BCUT2D eigenvalue weighted by atomic mass is 9.94. The molecular formula is C16H19NO2S. The van der Waals surface area contributed by atoms with Gasteiger partial charge in [-0.3, -0.25) is 4.79 Å². The van der Waals surface area contributed by atoms with E-state index in [1.54, 1.807) is 17.4 Å². The Labute approximate surface area is 122 Å². The van der Waals surface area contributed by atoms with Crippen LogP contribution in [0.3, 0.4) is 0 Å². The summed E-state index contributed by atoms with van der Waals surface area (Å²) < 4.78 is 1.93. The molecule has 0 amide bonds. The van der Waals surface area contributed by atoms with E-state index in [0.717, 1.165) is 23.4 Å². The molecule has 0 atom stereocenters. The van der Waals surface area contributed by atoms with E-state index in [9.17, 15) is 9.90 Å². The van der Waals surface area contributed by atoms with Crippen LogP contribution in [0.2, 0.25) is 0 Å². The van der Waals surface area contributed by atoms with Gasteiger partial charge in [0.2, 0.25) is 0 Å². The molecule has 3 nitrogen and oxygen atoms in total. The average molecular weight is 289 g/mol. The molecule has 1 fully saturated rings. The molecule has 0 spiro atoms. The Morgan fingerprint density at radius 3 is 2.65 bits per heavy atom. The molecule has 2 aromatic heterocycles. The van der Waals surface area contributed by atoms with Crippen molar-refractivity contribution in [3.8, 4) is 10.6 Å². The number of hydrogen-bond acceptors (Lipinski definition) is 3. The number of hydrogen-bond donors (Lipinski definition) is 1. The fourth-order valence-electron chi connectivity index (χ4n) is 3.04. The standard InChI is InChI=1S/C16H19NO2S/c18-11-12-8-9-14(15-7-4-10-20-15)17(16(12)19)13-5-2-1-3-6-13/h4,7-10,13,18H,1-3,5-6,11H2. The smallest absolute Gasteiger partial charge is 0.256 e. The third kappa shape index (κ3) is 2.45. The summed E-state index contributed by atoms with van der Waals surface area (Å²) in [4.78, 5) is 13.7. The molecule has 0 aliphatic heterocycles. The summed E-state index contributed by atoms with van der Waals surface area (Å²) in [6.45, 7) is -0.184. The van der Waals surface area contributed by atoms with Gasteiger partial charge in [0.15, 0.2) is 0 Å². The zero-order valence-corrected chi connectivity index (χ0v) is 12.2. The van der Waals surface area contributed by atoms with Crippen molar-refractivity contribution in [1.29, 1.82) is 0 Å². The monoisotopic (exact) mass is 289 g/mol. The van der Waals surface area contributed by atoms with Crippen molar-refractivity contribution < 1.29 is 5.11 Å². The van der Waals surface area contributed by atoms with Crippen LogP contribution in [-0.2, 0) is 6.61 Å². The van der Waals surface area contributed by atoms with Crippen molar-refractivity contribution in [2.24, 2.45) is 0 Å². The Balaban J connectivity index is 2.14. The summed E-state index contributed by atoms with van der Waals surface area (Å²) in [5, 5.41) is 11.4. The molecule has 106 valence electrons. The summed E-state index contributed by atoms with van der Waals surface area (Å²) in [6, 6.07) is 8.08. The minimum absolute atomic E-state index is 0.0229. The van der Waals surface area contributed by atoms with Crippen LogP contribution in [0, 0.1) is 0 Å². The van der Waals surface area contributed by atoms with Gasteiger partial charge in [0.25, 0.3) is 5.56 Å². The normalized spacial score (nSPS) is 16.4. The van der Waals surface area contributed by atoms with Gasteiger partial charge in [0.05, 0.1) is 17.2 Å². The first-order chi connectivity index (χ1) is 9.81. The van der Waals surface area contributed by atoms with Crippen molar-refractivity contribution >= 4 is 11.3 Å². The van der Waals surface area contributed by atoms with Crippen molar-refractivity contribution in [2.75, 3.05) is 0 Å². The van der Waals surface area contributed by atoms with Crippen LogP contribution in [0.4, 0.5) is 0 Å². The predicted octanol–water partition coefficient (Wildman–Crippen LogP) is 3.57. The van der Waals surface area contributed by atoms with Crippen LogP contribution in [0.15, 0.2) is 34.4 Å². The van der Waals surface area contributed by atoms with Crippen molar-refractivity contribution in [1.82, 2.24) is 4.57 Å². The molecule has 1 N–H and O–H groups in total. The molecule has 0 aromatic carbocycles. The number of pyridine rings is 1. The topological polar surface area (TPSA) is 42.2 Å². The fraction of sp³-hybridized carbons (Fsp3) is 0.438. The number of rotatable bonds is 3. The number of aromatic nitrogens is 1. The molecule has 20 heavy (non-hydrogen) atoms. The molecular weight excluding hydrogens is 270 g/mol. The van der Waals surface area contributed by atoms with E-state index >= 15 is 0 Å². The number of aliphatic hydroxyl groups is 1. The lowest BCUT2D eigenvalue weighted by Crippen LogP contribution is -2.30. The summed E-state index contributed by atoms with van der Waals surface area (Å²) >= 11 is 1.65. The summed E-state index contributed by atoms with van der Waals surface area (Å²) in [5.74, 6) is 0. The molecule has 3 rings (SSSR count). The maximum atomic E-state index is 12.6. The first kappa shape index (κ1) is 13.6. The zero-order chi connectivity index (χ0) is 13.9. The van der Waals surface area contributed by atoms with E-state index in [2.05, 4.69) is 6.07 Å². The molecule has 2 heterocycles. The highest BCUT2D eigenvalue weighted by molar-refractivity contribution is 7.13. The molecule has 0 bridgehead atoms. The third-order valence-electron chi connectivity index (χ3n) is 4.08. The van der Waals surface area contributed by atoms with E-state index in [-0.39, 0.29) is 18.2 Å². The minimum Gasteiger partial charge on any atom is -0.391 e. The Bertz CT molecular complexity index is 624. The molecule has 4 heteroatoms. The van der Waals surface area contributed by atoms with Crippen LogP contribution >= 0.6 is 11.3 Å². The second-order valence-electron chi connectivity index (χ2n) is 5.35. The Hall–Kier alpha value is -1.39. The lowest BCUT2D eigenvalue weighted by molar-refractivity contribution is 0.276. The maximum absolute atomic E-state index is 12.6. The first-order valence-corrected chi connectivity index (χ1v) is 8.08. The highest BCUT2D eigenvalue weighted by Gasteiger charge is 2.21. The SMILES string of the molecule is O=c1c(CO)ccc(-c2cccs2)n1C1CCCCC1. The zero-order valence-electron chi connectivity index (χ0n) is 11.4. The summed E-state index contributed by atoms with van der Waals surface area (Å²) in [5.41, 5.74) is 1.47. The molecule has 1 aliphatic rings. The molecule has 0 radical (unpaired) electrons. The van der Waals surface area contributed by atoms with Gasteiger partial charge in [-0.25, -0.2) is 0 Å². The Morgan fingerprint density at radius 2 is 2.00 bits per heavy atom. The number of nitrogens with zero attached hydrogens (tertiary/aromatic N) is 1. The number of aliphatic hydroxyl groups excluding tert-OH is 1. The van der Waals surface area contributed by atoms with Gasteiger partial charge >= 0.3 is 0 Å². The van der Waals surface area contributed by atoms with Gasteiger partial charge in [0, 0.05) is 11.6 Å². The Kier molecular flexibility index (Phi) is 4.03. The summed E-state index contributed by atoms with van der Waals surface area (Å²) in [6.07, 6.45) is 5.76. The minimum atomic E-state index is -0.184. The van der Waals surface area contributed by atoms with Gasteiger partial charge in [-0.2, -0.15) is 0 Å². The van der Waals surface area contributed by atoms with Crippen molar-refractivity contribution in [2.45, 2.75) is 44.8 Å². The van der Waals surface area contributed by atoms with E-state index < -0.39 is 0 Å².